The van der Waals surface area contributed by atoms with E-state index >= 15 is 0 Å². The normalized spacial score (nSPS) is 10.2. The third-order valence-corrected chi connectivity index (χ3v) is 1.69. The second-order valence-electron chi connectivity index (χ2n) is 3.09. The first-order valence-electron chi connectivity index (χ1n) is 4.15. The highest BCUT2D eigenvalue weighted by atomic mass is 14.9. The molecule has 1 N–H and O–H groups in total. The van der Waals surface area contributed by atoms with Gasteiger partial charge in [0.05, 0.1) is 11.8 Å². The van der Waals surface area contributed by atoms with Gasteiger partial charge in [0.15, 0.2) is 0 Å². The van der Waals surface area contributed by atoms with Crippen LogP contribution in [0, 0.1) is 11.3 Å². The Morgan fingerprint density at radius 1 is 1.67 bits per heavy atom. The summed E-state index contributed by atoms with van der Waals surface area (Å²) in [6.07, 6.45) is 3.18. The van der Waals surface area contributed by atoms with Gasteiger partial charge in [0, 0.05) is 25.0 Å². The Morgan fingerprint density at radius 2 is 2.42 bits per heavy atom. The van der Waals surface area contributed by atoms with Crippen LogP contribution in [0.5, 0.6) is 0 Å². The van der Waals surface area contributed by atoms with Gasteiger partial charge < -0.3 is 4.98 Å². The molecule has 0 bridgehead atoms. The molecule has 0 aliphatic rings. The first-order valence-corrected chi connectivity index (χ1v) is 4.15. The zero-order chi connectivity index (χ0) is 8.97. The van der Waals surface area contributed by atoms with Crippen LogP contribution in [-0.2, 0) is 6.42 Å². The van der Waals surface area contributed by atoms with Crippen LogP contribution < -0.4 is 0 Å². The average Bonchev–Trinajstić information content (AvgIpc) is 2.48. The topological polar surface area (TPSA) is 52.5 Å². The molecule has 1 rings (SSSR count). The van der Waals surface area contributed by atoms with Gasteiger partial charge in [-0.2, -0.15) is 5.26 Å². The standard InChI is InChI=1S/C9H13N3/c1-7(2)9-11-6-8(12-9)4-3-5-10/h6-7H,3-4H2,1-2H3,(H,11,12). The summed E-state index contributed by atoms with van der Waals surface area (Å²) < 4.78 is 0. The van der Waals surface area contributed by atoms with E-state index in [1.54, 1.807) is 0 Å². The van der Waals surface area contributed by atoms with E-state index in [1.807, 2.05) is 6.20 Å². The van der Waals surface area contributed by atoms with E-state index in [2.05, 4.69) is 29.9 Å². The molecule has 1 aromatic rings. The lowest BCUT2D eigenvalue weighted by Gasteiger charge is -1.96. The number of aryl methyl sites for hydroxylation is 1. The highest BCUT2D eigenvalue weighted by Gasteiger charge is 2.03. The third kappa shape index (κ3) is 2.09. The number of nitrogens with zero attached hydrogens (tertiary/aromatic N) is 2. The minimum atomic E-state index is 0.431. The number of nitrogens with one attached hydrogen (secondary N) is 1. The van der Waals surface area contributed by atoms with Crippen LogP contribution in [0.15, 0.2) is 6.20 Å². The molecule has 1 aromatic heterocycles. The summed E-state index contributed by atoms with van der Waals surface area (Å²) in [7, 11) is 0. The SMILES string of the molecule is CC(C)c1nc(CCC#N)c[nH]1. The lowest BCUT2D eigenvalue weighted by molar-refractivity contribution is 0.787. The maximum Gasteiger partial charge on any atom is 0.108 e. The Labute approximate surface area is 72.4 Å². The van der Waals surface area contributed by atoms with Crippen molar-refractivity contribution in [2.75, 3.05) is 0 Å². The number of hydrogen-bond acceptors (Lipinski definition) is 2. The van der Waals surface area contributed by atoms with E-state index in [4.69, 9.17) is 5.26 Å². The fraction of sp³-hybridized carbons (Fsp3) is 0.556. The Bertz CT molecular complexity index is 280. The average molecular weight is 163 g/mol. The van der Waals surface area contributed by atoms with Gasteiger partial charge in [0.2, 0.25) is 0 Å². The van der Waals surface area contributed by atoms with Gasteiger partial charge in [-0.05, 0) is 0 Å². The largest absolute Gasteiger partial charge is 0.348 e. The zero-order valence-electron chi connectivity index (χ0n) is 7.46. The van der Waals surface area contributed by atoms with Crippen molar-refractivity contribution in [3.63, 3.8) is 0 Å². The number of aromatic amines is 1. The van der Waals surface area contributed by atoms with E-state index in [9.17, 15) is 0 Å². The van der Waals surface area contributed by atoms with Crippen LogP contribution in [0.25, 0.3) is 0 Å². The van der Waals surface area contributed by atoms with Gasteiger partial charge in [-0.1, -0.05) is 13.8 Å². The van der Waals surface area contributed by atoms with Crippen molar-refractivity contribution >= 4 is 0 Å². The highest BCUT2D eigenvalue weighted by molar-refractivity contribution is 5.05. The van der Waals surface area contributed by atoms with Crippen molar-refractivity contribution in [1.82, 2.24) is 9.97 Å². The molecule has 0 spiro atoms. The summed E-state index contributed by atoms with van der Waals surface area (Å²) in [4.78, 5) is 7.43. The van der Waals surface area contributed by atoms with Gasteiger partial charge in [0.25, 0.3) is 0 Å². The smallest absolute Gasteiger partial charge is 0.108 e. The maximum atomic E-state index is 8.36. The molecule has 12 heavy (non-hydrogen) atoms. The maximum absolute atomic E-state index is 8.36. The molecular formula is C9H13N3. The van der Waals surface area contributed by atoms with Crippen LogP contribution >= 0.6 is 0 Å². The Morgan fingerprint density at radius 3 is 2.92 bits per heavy atom. The monoisotopic (exact) mass is 163 g/mol. The summed E-state index contributed by atoms with van der Waals surface area (Å²) in [5, 5.41) is 8.36. The molecule has 0 aromatic carbocycles. The summed E-state index contributed by atoms with van der Waals surface area (Å²) in [6.45, 7) is 4.18. The predicted octanol–water partition coefficient (Wildman–Crippen LogP) is 1.99. The minimum absolute atomic E-state index is 0.431. The molecule has 0 aliphatic carbocycles. The van der Waals surface area contributed by atoms with E-state index in [1.165, 1.54) is 0 Å². The zero-order valence-corrected chi connectivity index (χ0v) is 7.46. The van der Waals surface area contributed by atoms with E-state index in [-0.39, 0.29) is 0 Å². The number of imidazole rings is 1. The molecule has 3 nitrogen and oxygen atoms in total. The van der Waals surface area contributed by atoms with Crippen molar-refractivity contribution in [3.05, 3.63) is 17.7 Å². The molecule has 0 saturated carbocycles. The summed E-state index contributed by atoms with van der Waals surface area (Å²) in [5.74, 6) is 1.43. The lowest BCUT2D eigenvalue weighted by Crippen LogP contribution is -1.90. The van der Waals surface area contributed by atoms with E-state index in [0.29, 0.717) is 12.3 Å². The second kappa shape index (κ2) is 3.91. The number of rotatable bonds is 3. The number of hydrogen-bond donors (Lipinski definition) is 1. The molecule has 0 radical (unpaired) electrons. The van der Waals surface area contributed by atoms with Crippen molar-refractivity contribution < 1.29 is 0 Å². The number of H-pyrrole nitrogens is 1. The van der Waals surface area contributed by atoms with Gasteiger partial charge in [-0.15, -0.1) is 0 Å². The Balaban J connectivity index is 2.59. The van der Waals surface area contributed by atoms with Crippen molar-refractivity contribution in [2.24, 2.45) is 0 Å². The van der Waals surface area contributed by atoms with Crippen LogP contribution in [0.3, 0.4) is 0 Å². The number of nitriles is 1. The molecule has 3 heteroatoms. The molecular weight excluding hydrogens is 150 g/mol. The molecule has 0 aliphatic heterocycles. The first kappa shape index (κ1) is 8.79. The Hall–Kier alpha value is -1.30. The summed E-state index contributed by atoms with van der Waals surface area (Å²) in [5.41, 5.74) is 0.986. The fourth-order valence-electron chi connectivity index (χ4n) is 0.984. The van der Waals surface area contributed by atoms with Crippen LogP contribution in [0.1, 0.15) is 37.7 Å². The first-order chi connectivity index (χ1) is 5.74. The third-order valence-electron chi connectivity index (χ3n) is 1.69. The van der Waals surface area contributed by atoms with E-state index in [0.717, 1.165) is 17.9 Å². The molecule has 0 atom stereocenters. The van der Waals surface area contributed by atoms with Gasteiger partial charge in [-0.25, -0.2) is 4.98 Å². The van der Waals surface area contributed by atoms with Crippen molar-refractivity contribution in [3.8, 4) is 6.07 Å². The van der Waals surface area contributed by atoms with Crippen LogP contribution in [0.4, 0.5) is 0 Å². The van der Waals surface area contributed by atoms with E-state index < -0.39 is 0 Å². The molecule has 0 fully saturated rings. The highest BCUT2D eigenvalue weighted by Crippen LogP contribution is 2.10. The molecule has 1 heterocycles. The van der Waals surface area contributed by atoms with Gasteiger partial charge >= 0.3 is 0 Å². The molecule has 64 valence electrons. The molecule has 0 amide bonds. The van der Waals surface area contributed by atoms with Crippen LogP contribution in [-0.4, -0.2) is 9.97 Å². The summed E-state index contributed by atoms with van der Waals surface area (Å²) >= 11 is 0. The van der Waals surface area contributed by atoms with Crippen molar-refractivity contribution in [1.29, 1.82) is 5.26 Å². The second-order valence-corrected chi connectivity index (χ2v) is 3.09. The fourth-order valence-corrected chi connectivity index (χ4v) is 0.984. The minimum Gasteiger partial charge on any atom is -0.348 e. The summed E-state index contributed by atoms with van der Waals surface area (Å²) in [6, 6.07) is 2.10. The molecule has 0 saturated heterocycles. The van der Waals surface area contributed by atoms with Crippen molar-refractivity contribution in [2.45, 2.75) is 32.6 Å². The lowest BCUT2D eigenvalue weighted by atomic mass is 10.2. The quantitative estimate of drug-likeness (QED) is 0.740. The molecule has 0 unspecified atom stereocenters. The Kier molecular flexibility index (Phi) is 2.87. The predicted molar refractivity (Wildman–Crippen MR) is 46.6 cm³/mol. The van der Waals surface area contributed by atoms with Gasteiger partial charge in [-0.3, -0.25) is 0 Å². The van der Waals surface area contributed by atoms with Gasteiger partial charge in [0.1, 0.15) is 5.82 Å². The van der Waals surface area contributed by atoms with Crippen LogP contribution in [0.2, 0.25) is 0 Å². The number of aromatic nitrogens is 2.